The molecule has 0 saturated heterocycles. The van der Waals surface area contributed by atoms with Gasteiger partial charge in [-0.1, -0.05) is 25.1 Å². The fourth-order valence-electron chi connectivity index (χ4n) is 2.46. The molecule has 18 heavy (non-hydrogen) atoms. The fraction of sp³-hybridized carbons (Fsp3) is 0.600. The van der Waals surface area contributed by atoms with Crippen LogP contribution in [0.2, 0.25) is 0 Å². The number of rotatable bonds is 6. The molecule has 0 aliphatic heterocycles. The van der Waals surface area contributed by atoms with E-state index >= 15 is 0 Å². The first-order valence-corrected chi connectivity index (χ1v) is 6.74. The minimum atomic E-state index is -0.165. The Morgan fingerprint density at radius 1 is 1.22 bits per heavy atom. The van der Waals surface area contributed by atoms with E-state index in [1.54, 1.807) is 6.07 Å². The van der Waals surface area contributed by atoms with Gasteiger partial charge in [0.25, 0.3) is 0 Å². The summed E-state index contributed by atoms with van der Waals surface area (Å²) in [7, 11) is 0. The topological polar surface area (TPSA) is 29.3 Å². The lowest BCUT2D eigenvalue weighted by atomic mass is 9.97. The number of nitrogens with zero attached hydrogens (tertiary/aromatic N) is 1. The van der Waals surface area contributed by atoms with E-state index < -0.39 is 0 Å². The van der Waals surface area contributed by atoms with Crippen LogP contribution in [0.1, 0.15) is 45.7 Å². The maximum absolute atomic E-state index is 14.0. The highest BCUT2D eigenvalue weighted by Crippen LogP contribution is 2.27. The summed E-state index contributed by atoms with van der Waals surface area (Å²) in [5.74, 6) is -0.165. The summed E-state index contributed by atoms with van der Waals surface area (Å²) in [6.45, 7) is 9.27. The molecular formula is C15H25FN2. The van der Waals surface area contributed by atoms with Crippen LogP contribution in [0.5, 0.6) is 0 Å². The van der Waals surface area contributed by atoms with Crippen molar-refractivity contribution in [3.8, 4) is 0 Å². The summed E-state index contributed by atoms with van der Waals surface area (Å²) < 4.78 is 14.0. The molecule has 2 N–H and O–H groups in total. The summed E-state index contributed by atoms with van der Waals surface area (Å²) in [5, 5.41) is 0. The highest BCUT2D eigenvalue weighted by Gasteiger charge is 2.27. The molecule has 0 radical (unpaired) electrons. The van der Waals surface area contributed by atoms with Gasteiger partial charge in [-0.2, -0.15) is 0 Å². The van der Waals surface area contributed by atoms with Crippen molar-refractivity contribution in [2.75, 3.05) is 6.54 Å². The number of halogens is 1. The molecule has 3 heteroatoms. The minimum absolute atomic E-state index is 0.0638. The molecule has 0 spiro atoms. The van der Waals surface area contributed by atoms with Gasteiger partial charge in [0.15, 0.2) is 0 Å². The lowest BCUT2D eigenvalue weighted by Crippen LogP contribution is -2.44. The Kier molecular flexibility index (Phi) is 5.76. The molecule has 2 unspecified atom stereocenters. The van der Waals surface area contributed by atoms with E-state index in [1.807, 2.05) is 19.1 Å². The lowest BCUT2D eigenvalue weighted by Gasteiger charge is -2.37. The highest BCUT2D eigenvalue weighted by atomic mass is 19.1. The standard InChI is InChI=1S/C15H25FN2/c1-5-10-18(11(2)3)15(12(4)17)13-8-6-7-9-14(13)16/h6-9,11-12,15H,5,10,17H2,1-4H3. The third-order valence-electron chi connectivity index (χ3n) is 3.22. The van der Waals surface area contributed by atoms with E-state index in [1.165, 1.54) is 6.07 Å². The van der Waals surface area contributed by atoms with E-state index in [0.717, 1.165) is 13.0 Å². The van der Waals surface area contributed by atoms with Crippen LogP contribution in [0.4, 0.5) is 4.39 Å². The largest absolute Gasteiger partial charge is 0.326 e. The Bertz CT molecular complexity index is 363. The van der Waals surface area contributed by atoms with Crippen LogP contribution < -0.4 is 5.73 Å². The van der Waals surface area contributed by atoms with Gasteiger partial charge in [-0.05, 0) is 39.8 Å². The molecule has 2 atom stereocenters. The predicted octanol–water partition coefficient (Wildman–Crippen LogP) is 3.33. The Balaban J connectivity index is 3.12. The van der Waals surface area contributed by atoms with Crippen LogP contribution in [0.3, 0.4) is 0 Å². The van der Waals surface area contributed by atoms with Crippen molar-refractivity contribution in [2.45, 2.75) is 52.2 Å². The molecule has 0 saturated carbocycles. The summed E-state index contributed by atoms with van der Waals surface area (Å²) >= 11 is 0. The quantitative estimate of drug-likeness (QED) is 0.841. The van der Waals surface area contributed by atoms with Gasteiger partial charge in [-0.3, -0.25) is 4.90 Å². The highest BCUT2D eigenvalue weighted by molar-refractivity contribution is 5.23. The van der Waals surface area contributed by atoms with Gasteiger partial charge in [-0.25, -0.2) is 4.39 Å². The maximum atomic E-state index is 14.0. The first kappa shape index (κ1) is 15.1. The molecule has 102 valence electrons. The van der Waals surface area contributed by atoms with Gasteiger partial charge in [0.05, 0.1) is 6.04 Å². The number of hydrogen-bond donors (Lipinski definition) is 1. The number of hydrogen-bond acceptors (Lipinski definition) is 2. The molecule has 0 aliphatic carbocycles. The molecule has 0 aliphatic rings. The van der Waals surface area contributed by atoms with Gasteiger partial charge < -0.3 is 5.73 Å². The van der Waals surface area contributed by atoms with Crippen LogP contribution in [0.15, 0.2) is 24.3 Å². The molecule has 2 nitrogen and oxygen atoms in total. The van der Waals surface area contributed by atoms with Crippen molar-refractivity contribution in [1.29, 1.82) is 0 Å². The summed E-state index contributed by atoms with van der Waals surface area (Å²) in [5.41, 5.74) is 6.80. The van der Waals surface area contributed by atoms with Crippen LogP contribution in [-0.2, 0) is 0 Å². The monoisotopic (exact) mass is 252 g/mol. The first-order valence-electron chi connectivity index (χ1n) is 6.74. The number of benzene rings is 1. The van der Waals surface area contributed by atoms with Gasteiger partial charge in [0.2, 0.25) is 0 Å². The average molecular weight is 252 g/mol. The zero-order valence-corrected chi connectivity index (χ0v) is 11.9. The molecule has 1 rings (SSSR count). The van der Waals surface area contributed by atoms with E-state index in [9.17, 15) is 4.39 Å². The van der Waals surface area contributed by atoms with Crippen molar-refractivity contribution in [1.82, 2.24) is 4.90 Å². The lowest BCUT2D eigenvalue weighted by molar-refractivity contribution is 0.133. The first-order chi connectivity index (χ1) is 8.49. The SMILES string of the molecule is CCCN(C(C)C)C(c1ccccc1F)C(C)N. The summed E-state index contributed by atoms with van der Waals surface area (Å²) in [4.78, 5) is 2.28. The van der Waals surface area contributed by atoms with Gasteiger partial charge in [0, 0.05) is 17.6 Å². The molecular weight excluding hydrogens is 227 g/mol. The van der Waals surface area contributed by atoms with Crippen LogP contribution in [0.25, 0.3) is 0 Å². The van der Waals surface area contributed by atoms with E-state index in [-0.39, 0.29) is 17.9 Å². The van der Waals surface area contributed by atoms with Crippen molar-refractivity contribution >= 4 is 0 Å². The zero-order valence-electron chi connectivity index (χ0n) is 11.9. The summed E-state index contributed by atoms with van der Waals surface area (Å²) in [6, 6.07) is 7.13. The molecule has 0 aromatic heterocycles. The van der Waals surface area contributed by atoms with Crippen molar-refractivity contribution in [3.63, 3.8) is 0 Å². The van der Waals surface area contributed by atoms with Gasteiger partial charge >= 0.3 is 0 Å². The Labute approximate surface area is 110 Å². The van der Waals surface area contributed by atoms with E-state index in [0.29, 0.717) is 11.6 Å². The van der Waals surface area contributed by atoms with Crippen molar-refractivity contribution in [3.05, 3.63) is 35.6 Å². The van der Waals surface area contributed by atoms with Gasteiger partial charge in [-0.15, -0.1) is 0 Å². The fourth-order valence-corrected chi connectivity index (χ4v) is 2.46. The third-order valence-corrected chi connectivity index (χ3v) is 3.22. The van der Waals surface area contributed by atoms with Crippen molar-refractivity contribution in [2.24, 2.45) is 5.73 Å². The second kappa shape index (κ2) is 6.86. The molecule has 0 heterocycles. The Morgan fingerprint density at radius 2 is 1.83 bits per heavy atom. The molecule has 0 bridgehead atoms. The van der Waals surface area contributed by atoms with Crippen LogP contribution in [0, 0.1) is 5.82 Å². The van der Waals surface area contributed by atoms with Gasteiger partial charge in [0.1, 0.15) is 5.82 Å². The second-order valence-corrected chi connectivity index (χ2v) is 5.16. The molecule has 0 fully saturated rings. The number of nitrogens with two attached hydrogens (primary N) is 1. The predicted molar refractivity (Wildman–Crippen MR) is 74.9 cm³/mol. The van der Waals surface area contributed by atoms with E-state index in [2.05, 4.69) is 25.7 Å². The molecule has 1 aromatic rings. The third kappa shape index (κ3) is 3.53. The maximum Gasteiger partial charge on any atom is 0.128 e. The second-order valence-electron chi connectivity index (χ2n) is 5.16. The molecule has 0 amide bonds. The smallest absolute Gasteiger partial charge is 0.128 e. The van der Waals surface area contributed by atoms with Crippen molar-refractivity contribution < 1.29 is 4.39 Å². The normalized spacial score (nSPS) is 15.1. The van der Waals surface area contributed by atoms with Crippen LogP contribution >= 0.6 is 0 Å². The zero-order chi connectivity index (χ0) is 13.7. The Morgan fingerprint density at radius 3 is 2.28 bits per heavy atom. The Hall–Kier alpha value is -0.930. The molecule has 1 aromatic carbocycles. The minimum Gasteiger partial charge on any atom is -0.326 e. The summed E-state index contributed by atoms with van der Waals surface area (Å²) in [6.07, 6.45) is 1.04. The van der Waals surface area contributed by atoms with E-state index in [4.69, 9.17) is 5.73 Å². The average Bonchev–Trinajstić information content (AvgIpc) is 2.30. The van der Waals surface area contributed by atoms with Crippen LogP contribution in [-0.4, -0.2) is 23.5 Å².